The van der Waals surface area contributed by atoms with E-state index in [1.54, 1.807) is 6.33 Å². The van der Waals surface area contributed by atoms with Crippen molar-refractivity contribution in [3.05, 3.63) is 29.7 Å². The zero-order valence-electron chi connectivity index (χ0n) is 15.5. The monoisotopic (exact) mass is 353 g/mol. The fourth-order valence-corrected chi connectivity index (χ4v) is 4.49. The van der Waals surface area contributed by atoms with Crippen LogP contribution in [0, 0.1) is 6.92 Å². The first-order valence-corrected chi connectivity index (χ1v) is 9.98. The van der Waals surface area contributed by atoms with Crippen molar-refractivity contribution in [3.8, 4) is 0 Å². The molecule has 2 aliphatic heterocycles. The lowest BCUT2D eigenvalue weighted by Crippen LogP contribution is -2.46. The highest BCUT2D eigenvalue weighted by molar-refractivity contribution is 5.43. The van der Waals surface area contributed by atoms with E-state index >= 15 is 0 Å². The molecule has 1 saturated carbocycles. The predicted molar refractivity (Wildman–Crippen MR) is 98.9 cm³/mol. The van der Waals surface area contributed by atoms with Crippen LogP contribution < -0.4 is 4.90 Å². The molecule has 2 aromatic rings. The van der Waals surface area contributed by atoms with Gasteiger partial charge >= 0.3 is 0 Å². The second-order valence-electron chi connectivity index (χ2n) is 7.95. The second-order valence-corrected chi connectivity index (χ2v) is 7.95. The molecule has 7 heteroatoms. The average Bonchev–Trinajstić information content (AvgIpc) is 3.23. The Balaban J connectivity index is 1.24. The molecule has 138 valence electrons. The summed E-state index contributed by atoms with van der Waals surface area (Å²) in [6.07, 6.45) is 9.00. The van der Waals surface area contributed by atoms with E-state index in [4.69, 9.17) is 0 Å². The van der Waals surface area contributed by atoms with Gasteiger partial charge in [0.05, 0.1) is 6.54 Å². The lowest BCUT2D eigenvalue weighted by atomic mass is 10.0. The first-order valence-electron chi connectivity index (χ1n) is 9.98. The van der Waals surface area contributed by atoms with Crippen LogP contribution in [0.2, 0.25) is 0 Å². The minimum atomic E-state index is 0.595. The maximum absolute atomic E-state index is 4.58. The van der Waals surface area contributed by atoms with Crippen molar-refractivity contribution in [2.45, 2.75) is 70.6 Å². The lowest BCUT2D eigenvalue weighted by molar-refractivity contribution is 0.194. The van der Waals surface area contributed by atoms with Gasteiger partial charge < -0.3 is 9.47 Å². The molecule has 3 aliphatic rings. The van der Waals surface area contributed by atoms with E-state index in [0.29, 0.717) is 12.1 Å². The summed E-state index contributed by atoms with van der Waals surface area (Å²) in [7, 11) is 0. The van der Waals surface area contributed by atoms with Crippen molar-refractivity contribution in [1.29, 1.82) is 0 Å². The van der Waals surface area contributed by atoms with E-state index < -0.39 is 0 Å². The average molecular weight is 353 g/mol. The minimum Gasteiger partial charge on any atom is -0.350 e. The van der Waals surface area contributed by atoms with Gasteiger partial charge in [-0.25, -0.2) is 9.97 Å². The van der Waals surface area contributed by atoms with Gasteiger partial charge in [0.1, 0.15) is 23.8 Å². The molecule has 0 radical (unpaired) electrons. The van der Waals surface area contributed by atoms with Gasteiger partial charge in [-0.3, -0.25) is 4.90 Å². The Morgan fingerprint density at radius 3 is 2.62 bits per heavy atom. The van der Waals surface area contributed by atoms with Crippen LogP contribution in [0.5, 0.6) is 0 Å². The molecule has 26 heavy (non-hydrogen) atoms. The number of fused-ring (bicyclic) bond motifs is 1. The van der Waals surface area contributed by atoms with Gasteiger partial charge in [-0.05, 0) is 39.0 Å². The van der Waals surface area contributed by atoms with Crippen LogP contribution in [-0.2, 0) is 19.5 Å². The van der Waals surface area contributed by atoms with Gasteiger partial charge in [0, 0.05) is 49.9 Å². The third kappa shape index (κ3) is 3.09. The first kappa shape index (κ1) is 16.2. The molecule has 0 atom stereocenters. The van der Waals surface area contributed by atoms with E-state index in [1.165, 1.54) is 37.9 Å². The maximum Gasteiger partial charge on any atom is 0.147 e. The number of aromatic nitrogens is 5. The zero-order valence-corrected chi connectivity index (χ0v) is 15.5. The Hall–Kier alpha value is -2.02. The van der Waals surface area contributed by atoms with Crippen LogP contribution in [-0.4, -0.2) is 54.8 Å². The summed E-state index contributed by atoms with van der Waals surface area (Å²) in [5.74, 6) is 3.45. The fourth-order valence-electron chi connectivity index (χ4n) is 4.49. The molecule has 0 amide bonds. The highest BCUT2D eigenvalue weighted by Gasteiger charge is 2.36. The van der Waals surface area contributed by atoms with Gasteiger partial charge in [-0.1, -0.05) is 0 Å². The molecule has 1 aliphatic carbocycles. The molecule has 4 heterocycles. The summed E-state index contributed by atoms with van der Waals surface area (Å²) in [6, 6.07) is 3.42. The fraction of sp³-hybridized carbons (Fsp3) is 0.684. The standard InChI is InChI=1S/C19H27N7/c1-14-11-18(21-13-20-14)26(15-4-5-15)16-6-9-24(10-7-16)12-19-23-22-17-3-2-8-25(17)19/h11,13,15-16H,2-10,12H2,1H3. The molecule has 0 bridgehead atoms. The lowest BCUT2D eigenvalue weighted by Gasteiger charge is -2.39. The molecule has 2 aromatic heterocycles. The number of hydrogen-bond acceptors (Lipinski definition) is 6. The van der Waals surface area contributed by atoms with Gasteiger partial charge in [0.25, 0.3) is 0 Å². The van der Waals surface area contributed by atoms with Crippen LogP contribution in [0.15, 0.2) is 12.4 Å². The number of nitrogens with zero attached hydrogens (tertiary/aromatic N) is 7. The normalized spacial score (nSPS) is 21.1. The van der Waals surface area contributed by atoms with E-state index in [0.717, 1.165) is 49.9 Å². The van der Waals surface area contributed by atoms with Crippen LogP contribution in [0.25, 0.3) is 0 Å². The van der Waals surface area contributed by atoms with Crippen LogP contribution in [0.4, 0.5) is 5.82 Å². The summed E-state index contributed by atoms with van der Waals surface area (Å²) >= 11 is 0. The number of anilines is 1. The van der Waals surface area contributed by atoms with Crippen LogP contribution in [0.1, 0.15) is 49.4 Å². The largest absolute Gasteiger partial charge is 0.350 e. The molecule has 0 spiro atoms. The van der Waals surface area contributed by atoms with Crippen LogP contribution >= 0.6 is 0 Å². The molecule has 1 saturated heterocycles. The molecule has 0 aromatic carbocycles. The number of likely N-dealkylation sites (tertiary alicyclic amines) is 1. The smallest absolute Gasteiger partial charge is 0.147 e. The summed E-state index contributed by atoms with van der Waals surface area (Å²) in [5, 5.41) is 8.77. The number of piperidine rings is 1. The molecule has 5 rings (SSSR count). The third-order valence-corrected chi connectivity index (χ3v) is 6.00. The van der Waals surface area contributed by atoms with Crippen molar-refractivity contribution in [2.24, 2.45) is 0 Å². The summed E-state index contributed by atoms with van der Waals surface area (Å²) < 4.78 is 2.33. The molecule has 7 nitrogen and oxygen atoms in total. The van der Waals surface area contributed by atoms with Gasteiger partial charge in [0.15, 0.2) is 0 Å². The van der Waals surface area contributed by atoms with Crippen molar-refractivity contribution in [2.75, 3.05) is 18.0 Å². The molecule has 0 unspecified atom stereocenters. The number of rotatable bonds is 5. The minimum absolute atomic E-state index is 0.595. The van der Waals surface area contributed by atoms with Crippen molar-refractivity contribution >= 4 is 5.82 Å². The topological polar surface area (TPSA) is 63.0 Å². The Labute approximate surface area is 154 Å². The van der Waals surface area contributed by atoms with Gasteiger partial charge in [-0.2, -0.15) is 0 Å². The van der Waals surface area contributed by atoms with E-state index in [9.17, 15) is 0 Å². The van der Waals surface area contributed by atoms with Gasteiger partial charge in [-0.15, -0.1) is 10.2 Å². The molecule has 2 fully saturated rings. The zero-order chi connectivity index (χ0) is 17.5. The highest BCUT2D eigenvalue weighted by atomic mass is 15.3. The van der Waals surface area contributed by atoms with Crippen molar-refractivity contribution in [3.63, 3.8) is 0 Å². The third-order valence-electron chi connectivity index (χ3n) is 6.00. The molecule has 0 N–H and O–H groups in total. The number of hydrogen-bond donors (Lipinski definition) is 0. The summed E-state index contributed by atoms with van der Waals surface area (Å²) in [4.78, 5) is 14.0. The quantitative estimate of drug-likeness (QED) is 0.819. The van der Waals surface area contributed by atoms with Crippen molar-refractivity contribution < 1.29 is 0 Å². The molecular formula is C19H27N7. The first-order chi connectivity index (χ1) is 12.8. The Morgan fingerprint density at radius 1 is 1.04 bits per heavy atom. The second kappa shape index (κ2) is 6.61. The van der Waals surface area contributed by atoms with E-state index in [1.807, 2.05) is 0 Å². The van der Waals surface area contributed by atoms with Crippen LogP contribution in [0.3, 0.4) is 0 Å². The number of aryl methyl sites for hydroxylation is 2. The summed E-state index contributed by atoms with van der Waals surface area (Å²) in [6.45, 7) is 6.34. The summed E-state index contributed by atoms with van der Waals surface area (Å²) in [5.41, 5.74) is 1.05. The maximum atomic E-state index is 4.58. The SMILES string of the molecule is Cc1cc(N(C2CC2)C2CCN(Cc3nnc4n3CCC4)CC2)ncn1. The Morgan fingerprint density at radius 2 is 1.85 bits per heavy atom. The Bertz CT molecular complexity index is 774. The van der Waals surface area contributed by atoms with Gasteiger partial charge in [0.2, 0.25) is 0 Å². The molecular weight excluding hydrogens is 326 g/mol. The Kier molecular flexibility index (Phi) is 4.11. The van der Waals surface area contributed by atoms with E-state index in [2.05, 4.69) is 47.5 Å². The van der Waals surface area contributed by atoms with E-state index in [-0.39, 0.29) is 0 Å². The van der Waals surface area contributed by atoms with Crippen molar-refractivity contribution in [1.82, 2.24) is 29.6 Å². The highest BCUT2D eigenvalue weighted by Crippen LogP contribution is 2.35. The predicted octanol–water partition coefficient (Wildman–Crippen LogP) is 1.96.